The highest BCUT2D eigenvalue weighted by molar-refractivity contribution is 7.90. The molecule has 5 nitrogen and oxygen atoms in total. The van der Waals surface area contributed by atoms with E-state index in [1.807, 2.05) is 37.3 Å². The molecule has 0 fully saturated rings. The highest BCUT2D eigenvalue weighted by Crippen LogP contribution is 2.16. The smallest absolute Gasteiger partial charge is 0.252 e. The van der Waals surface area contributed by atoms with E-state index in [-0.39, 0.29) is 16.6 Å². The lowest BCUT2D eigenvalue weighted by molar-refractivity contribution is 0.0634. The van der Waals surface area contributed by atoms with E-state index in [4.69, 9.17) is 4.74 Å². The van der Waals surface area contributed by atoms with Gasteiger partial charge in [0.05, 0.1) is 16.6 Å². The molecule has 0 saturated carbocycles. The zero-order valence-corrected chi connectivity index (χ0v) is 15.3. The van der Waals surface area contributed by atoms with Crippen molar-refractivity contribution in [1.29, 1.82) is 0 Å². The Bertz CT molecular complexity index is 803. The summed E-state index contributed by atoms with van der Waals surface area (Å²) in [5.41, 5.74) is 1.28. The van der Waals surface area contributed by atoms with Gasteiger partial charge in [-0.1, -0.05) is 42.5 Å². The van der Waals surface area contributed by atoms with Crippen molar-refractivity contribution in [2.45, 2.75) is 24.3 Å². The van der Waals surface area contributed by atoms with Crippen molar-refractivity contribution in [2.24, 2.45) is 0 Å². The minimum Gasteiger partial charge on any atom is -0.374 e. The Morgan fingerprint density at radius 2 is 1.72 bits per heavy atom. The summed E-state index contributed by atoms with van der Waals surface area (Å²) >= 11 is 0. The van der Waals surface area contributed by atoms with Crippen molar-refractivity contribution in [2.75, 3.05) is 19.4 Å². The minimum absolute atomic E-state index is 0.0112. The van der Waals surface area contributed by atoms with E-state index in [2.05, 4.69) is 5.32 Å². The second-order valence-electron chi connectivity index (χ2n) is 5.80. The zero-order valence-electron chi connectivity index (χ0n) is 14.4. The number of hydrogen-bond acceptors (Lipinski definition) is 4. The van der Waals surface area contributed by atoms with Crippen LogP contribution < -0.4 is 5.32 Å². The summed E-state index contributed by atoms with van der Waals surface area (Å²) in [6.07, 6.45) is 1.73. The number of benzene rings is 2. The molecule has 2 aromatic rings. The lowest BCUT2D eigenvalue weighted by atomic mass is 10.1. The monoisotopic (exact) mass is 361 g/mol. The van der Waals surface area contributed by atoms with Crippen molar-refractivity contribution in [3.8, 4) is 0 Å². The van der Waals surface area contributed by atoms with Gasteiger partial charge in [0.25, 0.3) is 5.91 Å². The molecule has 1 N–H and O–H groups in total. The predicted molar refractivity (Wildman–Crippen MR) is 97.3 cm³/mol. The molecule has 0 bridgehead atoms. The Hall–Kier alpha value is -2.18. The maximum atomic E-state index is 12.2. The van der Waals surface area contributed by atoms with E-state index < -0.39 is 15.7 Å². The largest absolute Gasteiger partial charge is 0.374 e. The molecule has 0 unspecified atom stereocenters. The Kier molecular flexibility index (Phi) is 6.73. The number of sulfone groups is 1. The standard InChI is InChI=1S/C19H23NO4S/c1-15(16-9-4-3-5-10-16)24-14-8-13-20-19(21)17-11-6-7-12-18(17)25(2,22)23/h3-7,9-12,15H,8,13-14H2,1-2H3,(H,20,21)/t15-/m1/s1. The number of amides is 1. The van der Waals surface area contributed by atoms with E-state index in [1.54, 1.807) is 12.1 Å². The van der Waals surface area contributed by atoms with Crippen LogP contribution in [0.4, 0.5) is 0 Å². The van der Waals surface area contributed by atoms with Gasteiger partial charge in [-0.25, -0.2) is 8.42 Å². The van der Waals surface area contributed by atoms with Gasteiger partial charge in [-0.2, -0.15) is 0 Å². The van der Waals surface area contributed by atoms with Gasteiger partial charge in [-0.05, 0) is 31.0 Å². The van der Waals surface area contributed by atoms with Gasteiger partial charge in [0.2, 0.25) is 0 Å². The molecule has 0 spiro atoms. The van der Waals surface area contributed by atoms with Gasteiger partial charge < -0.3 is 10.1 Å². The van der Waals surface area contributed by atoms with E-state index in [1.165, 1.54) is 12.1 Å². The summed E-state index contributed by atoms with van der Waals surface area (Å²) in [5.74, 6) is -0.392. The fraction of sp³-hybridized carbons (Fsp3) is 0.316. The number of carbonyl (C=O) groups excluding carboxylic acids is 1. The van der Waals surface area contributed by atoms with Gasteiger partial charge in [0, 0.05) is 19.4 Å². The van der Waals surface area contributed by atoms with Gasteiger partial charge in [0.1, 0.15) is 0 Å². The average Bonchev–Trinajstić information content (AvgIpc) is 2.61. The van der Waals surface area contributed by atoms with Crippen LogP contribution in [0.25, 0.3) is 0 Å². The van der Waals surface area contributed by atoms with E-state index in [9.17, 15) is 13.2 Å². The molecule has 0 heterocycles. The fourth-order valence-corrected chi connectivity index (χ4v) is 3.31. The predicted octanol–water partition coefficient (Wildman–Crippen LogP) is 2.99. The molecule has 0 radical (unpaired) electrons. The first-order valence-corrected chi connectivity index (χ1v) is 10.0. The summed E-state index contributed by atoms with van der Waals surface area (Å²) in [6.45, 7) is 2.90. The summed E-state index contributed by atoms with van der Waals surface area (Å²) in [7, 11) is -3.44. The fourth-order valence-electron chi connectivity index (χ4n) is 2.43. The van der Waals surface area contributed by atoms with E-state index in [0.29, 0.717) is 19.6 Å². The molecular formula is C19H23NO4S. The summed E-state index contributed by atoms with van der Waals surface area (Å²) in [5, 5.41) is 2.74. The molecule has 2 rings (SSSR count). The summed E-state index contributed by atoms with van der Waals surface area (Å²) < 4.78 is 29.2. The Labute approximate surface area is 148 Å². The van der Waals surface area contributed by atoms with Gasteiger partial charge >= 0.3 is 0 Å². The summed E-state index contributed by atoms with van der Waals surface area (Å²) in [6, 6.07) is 16.1. The molecule has 1 amide bonds. The van der Waals surface area contributed by atoms with Gasteiger partial charge in [-0.15, -0.1) is 0 Å². The van der Waals surface area contributed by atoms with Crippen molar-refractivity contribution in [1.82, 2.24) is 5.32 Å². The number of nitrogens with one attached hydrogen (secondary N) is 1. The van der Waals surface area contributed by atoms with Crippen LogP contribution in [0.5, 0.6) is 0 Å². The number of hydrogen-bond donors (Lipinski definition) is 1. The van der Waals surface area contributed by atoms with Crippen LogP contribution in [0.15, 0.2) is 59.5 Å². The molecule has 6 heteroatoms. The Morgan fingerprint density at radius 1 is 1.08 bits per heavy atom. The summed E-state index contributed by atoms with van der Waals surface area (Å²) in [4.78, 5) is 12.3. The molecule has 0 aliphatic heterocycles. The van der Waals surface area contributed by atoms with Crippen molar-refractivity contribution in [3.05, 3.63) is 65.7 Å². The van der Waals surface area contributed by atoms with E-state index in [0.717, 1.165) is 11.8 Å². The molecule has 0 aliphatic carbocycles. The first-order chi connectivity index (χ1) is 11.9. The van der Waals surface area contributed by atoms with Crippen molar-refractivity contribution in [3.63, 3.8) is 0 Å². The molecule has 134 valence electrons. The Morgan fingerprint density at radius 3 is 2.40 bits per heavy atom. The minimum atomic E-state index is -3.44. The first-order valence-electron chi connectivity index (χ1n) is 8.13. The van der Waals surface area contributed by atoms with Crippen LogP contribution in [0.1, 0.15) is 35.4 Å². The van der Waals surface area contributed by atoms with Crippen LogP contribution in [-0.4, -0.2) is 33.7 Å². The van der Waals surface area contributed by atoms with Crippen LogP contribution in [0.2, 0.25) is 0 Å². The second kappa shape index (κ2) is 8.78. The molecule has 25 heavy (non-hydrogen) atoms. The average molecular weight is 361 g/mol. The Balaban J connectivity index is 1.80. The number of carbonyl (C=O) groups is 1. The maximum Gasteiger partial charge on any atom is 0.252 e. The van der Waals surface area contributed by atoms with E-state index >= 15 is 0 Å². The topological polar surface area (TPSA) is 72.5 Å². The number of rotatable bonds is 8. The molecule has 0 saturated heterocycles. The van der Waals surface area contributed by atoms with Crippen LogP contribution >= 0.6 is 0 Å². The van der Waals surface area contributed by atoms with Gasteiger partial charge in [0.15, 0.2) is 9.84 Å². The molecule has 1 atom stereocenters. The molecule has 2 aromatic carbocycles. The highest BCUT2D eigenvalue weighted by Gasteiger charge is 2.17. The highest BCUT2D eigenvalue weighted by atomic mass is 32.2. The third-order valence-corrected chi connectivity index (χ3v) is 4.93. The third kappa shape index (κ3) is 5.69. The van der Waals surface area contributed by atoms with Crippen molar-refractivity contribution >= 4 is 15.7 Å². The maximum absolute atomic E-state index is 12.2. The quantitative estimate of drug-likeness (QED) is 0.734. The van der Waals surface area contributed by atoms with Crippen LogP contribution in [0, 0.1) is 0 Å². The molecular weight excluding hydrogens is 338 g/mol. The molecule has 0 aromatic heterocycles. The van der Waals surface area contributed by atoms with Crippen LogP contribution in [-0.2, 0) is 14.6 Å². The second-order valence-corrected chi connectivity index (χ2v) is 7.79. The third-order valence-electron chi connectivity index (χ3n) is 3.77. The SMILES string of the molecule is C[C@@H](OCCCNC(=O)c1ccccc1S(C)(=O)=O)c1ccccc1. The lowest BCUT2D eigenvalue weighted by Crippen LogP contribution is -2.26. The normalized spacial score (nSPS) is 12.6. The zero-order chi connectivity index (χ0) is 18.3. The van der Waals surface area contributed by atoms with Gasteiger partial charge in [-0.3, -0.25) is 4.79 Å². The lowest BCUT2D eigenvalue weighted by Gasteiger charge is -2.13. The van der Waals surface area contributed by atoms with Crippen LogP contribution in [0.3, 0.4) is 0 Å². The van der Waals surface area contributed by atoms with Crippen molar-refractivity contribution < 1.29 is 17.9 Å². The molecule has 0 aliphatic rings. The first kappa shape index (κ1) is 19.1. The number of ether oxygens (including phenoxy) is 1.